The second kappa shape index (κ2) is 3.78. The lowest BCUT2D eigenvalue weighted by Gasteiger charge is -2.07. The Morgan fingerprint density at radius 3 is 2.42 bits per heavy atom. The summed E-state index contributed by atoms with van der Waals surface area (Å²) in [6.07, 6.45) is 0. The van der Waals surface area contributed by atoms with Gasteiger partial charge in [-0.3, -0.25) is 4.57 Å². The lowest BCUT2D eigenvalue weighted by molar-refractivity contribution is 0.581. The van der Waals surface area contributed by atoms with Crippen LogP contribution in [0.5, 0.6) is 0 Å². The van der Waals surface area contributed by atoms with Crippen LogP contribution < -0.4 is 5.73 Å². The van der Waals surface area contributed by atoms with Crippen molar-refractivity contribution in [1.29, 1.82) is 0 Å². The van der Waals surface area contributed by atoms with Crippen molar-refractivity contribution < 1.29 is 8.78 Å². The number of fused-ring (bicyclic) bond motifs is 1. The van der Waals surface area contributed by atoms with Crippen molar-refractivity contribution in [2.45, 2.75) is 6.92 Å². The molecule has 3 rings (SSSR count). The summed E-state index contributed by atoms with van der Waals surface area (Å²) in [5, 5.41) is 4.21. The molecule has 0 amide bonds. The summed E-state index contributed by atoms with van der Waals surface area (Å²) in [6, 6.07) is 3.20. The van der Waals surface area contributed by atoms with Gasteiger partial charge in [-0.05, 0) is 19.1 Å². The Kier molecular flexibility index (Phi) is 2.31. The van der Waals surface area contributed by atoms with E-state index in [9.17, 15) is 8.78 Å². The van der Waals surface area contributed by atoms with Gasteiger partial charge in [-0.2, -0.15) is 5.10 Å². The van der Waals surface area contributed by atoms with E-state index in [2.05, 4.69) is 10.1 Å². The number of imidazole rings is 1. The van der Waals surface area contributed by atoms with Crippen molar-refractivity contribution in [3.63, 3.8) is 0 Å². The minimum atomic E-state index is -0.671. The fraction of sp³-hybridized carbons (Fsp3) is 0.167. The van der Waals surface area contributed by atoms with E-state index in [0.717, 1.165) is 6.07 Å². The molecule has 0 atom stereocenters. The minimum absolute atomic E-state index is 0.163. The Bertz CT molecular complexity index is 767. The van der Waals surface area contributed by atoms with Crippen LogP contribution >= 0.6 is 0 Å². The van der Waals surface area contributed by atoms with Crippen LogP contribution in [-0.4, -0.2) is 19.3 Å². The number of aryl methyl sites for hydroxylation is 2. The molecule has 2 heterocycles. The molecule has 0 spiro atoms. The first kappa shape index (κ1) is 11.6. The lowest BCUT2D eigenvalue weighted by Crippen LogP contribution is -2.05. The number of rotatable bonds is 1. The number of hydrogen-bond donors (Lipinski definition) is 1. The summed E-state index contributed by atoms with van der Waals surface area (Å²) >= 11 is 0. The van der Waals surface area contributed by atoms with E-state index in [0.29, 0.717) is 16.9 Å². The molecule has 0 aliphatic heterocycles. The Morgan fingerprint density at radius 1 is 1.16 bits per heavy atom. The molecule has 0 saturated heterocycles. The minimum Gasteiger partial charge on any atom is -0.369 e. The highest BCUT2D eigenvalue weighted by atomic mass is 19.1. The van der Waals surface area contributed by atoms with Crippen LogP contribution in [0.25, 0.3) is 16.9 Å². The normalized spacial score (nSPS) is 11.4. The van der Waals surface area contributed by atoms with Crippen molar-refractivity contribution in [3.05, 3.63) is 35.5 Å². The molecule has 0 radical (unpaired) electrons. The molecular formula is C12H11F2N5. The highest BCUT2D eigenvalue weighted by Crippen LogP contribution is 2.25. The Morgan fingerprint density at radius 2 is 1.79 bits per heavy atom. The zero-order valence-corrected chi connectivity index (χ0v) is 10.4. The van der Waals surface area contributed by atoms with E-state index in [1.807, 2.05) is 0 Å². The third-order valence-corrected chi connectivity index (χ3v) is 2.93. The maximum absolute atomic E-state index is 13.3. The molecule has 0 saturated carbocycles. The largest absolute Gasteiger partial charge is 0.369 e. The van der Waals surface area contributed by atoms with Crippen LogP contribution in [0.3, 0.4) is 0 Å². The number of nitrogens with two attached hydrogens (primary N) is 1. The van der Waals surface area contributed by atoms with E-state index < -0.39 is 11.6 Å². The maximum Gasteiger partial charge on any atom is 0.207 e. The summed E-state index contributed by atoms with van der Waals surface area (Å²) in [4.78, 5) is 4.18. The molecule has 0 aliphatic rings. The van der Waals surface area contributed by atoms with Crippen molar-refractivity contribution >= 4 is 17.1 Å². The summed E-state index contributed by atoms with van der Waals surface area (Å²) < 4.78 is 29.7. The number of aromatic nitrogens is 4. The highest BCUT2D eigenvalue weighted by Gasteiger charge is 2.17. The zero-order valence-electron chi connectivity index (χ0n) is 10.4. The van der Waals surface area contributed by atoms with Crippen LogP contribution in [0.1, 0.15) is 5.69 Å². The number of halogens is 2. The molecule has 3 aromatic rings. The van der Waals surface area contributed by atoms with Crippen molar-refractivity contribution in [3.8, 4) is 5.69 Å². The van der Waals surface area contributed by atoms with Crippen LogP contribution in [0.4, 0.5) is 14.7 Å². The SMILES string of the molecule is Cc1nn(C)c2c1nc(N)n2-c1cc(F)cc(F)c1. The van der Waals surface area contributed by atoms with E-state index in [1.54, 1.807) is 18.7 Å². The van der Waals surface area contributed by atoms with Crippen molar-refractivity contribution in [2.24, 2.45) is 7.05 Å². The Balaban J connectivity index is 2.38. The Labute approximate surface area is 107 Å². The summed E-state index contributed by atoms with van der Waals surface area (Å²) in [6.45, 7) is 1.80. The van der Waals surface area contributed by atoms with E-state index in [1.165, 1.54) is 16.7 Å². The van der Waals surface area contributed by atoms with E-state index in [-0.39, 0.29) is 11.6 Å². The van der Waals surface area contributed by atoms with Gasteiger partial charge < -0.3 is 5.73 Å². The molecule has 7 heteroatoms. The van der Waals surface area contributed by atoms with Crippen LogP contribution in [0.15, 0.2) is 18.2 Å². The second-order valence-electron chi connectivity index (χ2n) is 4.31. The van der Waals surface area contributed by atoms with Crippen molar-refractivity contribution in [1.82, 2.24) is 19.3 Å². The number of anilines is 1. The average Bonchev–Trinajstić information content (AvgIpc) is 2.76. The number of nitrogen functional groups attached to an aromatic ring is 1. The highest BCUT2D eigenvalue weighted by molar-refractivity contribution is 5.79. The van der Waals surface area contributed by atoms with Crippen LogP contribution in [0.2, 0.25) is 0 Å². The van der Waals surface area contributed by atoms with Crippen LogP contribution in [-0.2, 0) is 7.05 Å². The van der Waals surface area contributed by atoms with Crippen molar-refractivity contribution in [2.75, 3.05) is 5.73 Å². The maximum atomic E-state index is 13.3. The second-order valence-corrected chi connectivity index (χ2v) is 4.31. The predicted molar refractivity (Wildman–Crippen MR) is 66.9 cm³/mol. The van der Waals surface area contributed by atoms with Gasteiger partial charge in [-0.25, -0.2) is 18.4 Å². The first-order chi connectivity index (χ1) is 8.97. The van der Waals surface area contributed by atoms with Gasteiger partial charge in [0.25, 0.3) is 0 Å². The zero-order chi connectivity index (χ0) is 13.7. The quantitative estimate of drug-likeness (QED) is 0.729. The standard InChI is InChI=1S/C12H11F2N5/c1-6-10-11(18(2)17-6)19(12(15)16-10)9-4-7(13)3-8(14)5-9/h3-5H,1-2H3,(H2,15,16). The molecular weight excluding hydrogens is 252 g/mol. The molecule has 0 fully saturated rings. The predicted octanol–water partition coefficient (Wildman–Crippen LogP) is 1.93. The molecule has 2 N–H and O–H groups in total. The molecule has 1 aromatic carbocycles. The van der Waals surface area contributed by atoms with Gasteiger partial charge in [0, 0.05) is 13.1 Å². The van der Waals surface area contributed by atoms with E-state index >= 15 is 0 Å². The van der Waals surface area contributed by atoms with Gasteiger partial charge >= 0.3 is 0 Å². The van der Waals surface area contributed by atoms with Crippen LogP contribution in [0, 0.1) is 18.6 Å². The number of benzene rings is 1. The third-order valence-electron chi connectivity index (χ3n) is 2.93. The van der Waals surface area contributed by atoms with Gasteiger partial charge in [0.2, 0.25) is 5.95 Å². The smallest absolute Gasteiger partial charge is 0.207 e. The summed E-state index contributed by atoms with van der Waals surface area (Å²) in [7, 11) is 1.72. The molecule has 19 heavy (non-hydrogen) atoms. The molecule has 98 valence electrons. The third kappa shape index (κ3) is 1.66. The lowest BCUT2D eigenvalue weighted by atomic mass is 10.3. The monoisotopic (exact) mass is 263 g/mol. The Hall–Kier alpha value is -2.44. The van der Waals surface area contributed by atoms with Gasteiger partial charge in [-0.1, -0.05) is 0 Å². The molecule has 5 nitrogen and oxygen atoms in total. The molecule has 2 aromatic heterocycles. The fourth-order valence-corrected chi connectivity index (χ4v) is 2.21. The molecule has 0 unspecified atom stereocenters. The van der Waals surface area contributed by atoms with Gasteiger partial charge in [0.1, 0.15) is 17.2 Å². The summed E-state index contributed by atoms with van der Waals surface area (Å²) in [5.41, 5.74) is 8.03. The van der Waals surface area contributed by atoms with Gasteiger partial charge in [0.05, 0.1) is 11.4 Å². The summed E-state index contributed by atoms with van der Waals surface area (Å²) in [5.74, 6) is -1.18. The van der Waals surface area contributed by atoms with Gasteiger partial charge in [0.15, 0.2) is 5.65 Å². The molecule has 0 aliphatic carbocycles. The average molecular weight is 263 g/mol. The first-order valence-electron chi connectivity index (χ1n) is 5.61. The fourth-order valence-electron chi connectivity index (χ4n) is 2.21. The topological polar surface area (TPSA) is 61.7 Å². The number of nitrogens with zero attached hydrogens (tertiary/aromatic N) is 4. The number of hydrogen-bond acceptors (Lipinski definition) is 3. The van der Waals surface area contributed by atoms with Gasteiger partial charge in [-0.15, -0.1) is 0 Å². The first-order valence-corrected chi connectivity index (χ1v) is 5.61. The molecule has 0 bridgehead atoms. The van der Waals surface area contributed by atoms with E-state index in [4.69, 9.17) is 5.73 Å².